The van der Waals surface area contributed by atoms with E-state index < -0.39 is 9.84 Å². The van der Waals surface area contributed by atoms with Crippen molar-refractivity contribution < 1.29 is 17.9 Å². The van der Waals surface area contributed by atoms with Crippen LogP contribution in [-0.4, -0.2) is 88.6 Å². The lowest BCUT2D eigenvalue weighted by atomic mass is 10.2. The van der Waals surface area contributed by atoms with E-state index in [9.17, 15) is 13.2 Å². The standard InChI is InChI=1S/C18H27N3O4S/c1-19(16-7-12-26(23,24)14-16)13-18(22)21-10-8-20(9-11-21)15-3-5-17(25-2)6-4-15/h3-6,16H,7-14H2,1-2H3. The van der Waals surface area contributed by atoms with Crippen LogP contribution in [0.3, 0.4) is 0 Å². The first-order valence-corrected chi connectivity index (χ1v) is 10.8. The number of piperazine rings is 1. The van der Waals surface area contributed by atoms with Gasteiger partial charge in [-0.15, -0.1) is 0 Å². The molecule has 0 radical (unpaired) electrons. The van der Waals surface area contributed by atoms with Crippen molar-refractivity contribution in [2.45, 2.75) is 12.5 Å². The molecule has 2 heterocycles. The third kappa shape index (κ3) is 4.48. The summed E-state index contributed by atoms with van der Waals surface area (Å²) in [4.78, 5) is 18.6. The van der Waals surface area contributed by atoms with E-state index in [1.54, 1.807) is 7.11 Å². The molecule has 8 heteroatoms. The van der Waals surface area contributed by atoms with Crippen LogP contribution in [-0.2, 0) is 14.6 Å². The van der Waals surface area contributed by atoms with E-state index in [2.05, 4.69) is 4.90 Å². The van der Waals surface area contributed by atoms with E-state index in [1.165, 1.54) is 0 Å². The normalized spacial score (nSPS) is 22.7. The molecule has 1 amide bonds. The number of methoxy groups -OCH3 is 1. The van der Waals surface area contributed by atoms with E-state index in [1.807, 2.05) is 41.1 Å². The highest BCUT2D eigenvalue weighted by Crippen LogP contribution is 2.21. The van der Waals surface area contributed by atoms with E-state index in [0.29, 0.717) is 19.5 Å². The van der Waals surface area contributed by atoms with Crippen molar-refractivity contribution in [2.24, 2.45) is 0 Å². The summed E-state index contributed by atoms with van der Waals surface area (Å²) in [5.74, 6) is 1.31. The van der Waals surface area contributed by atoms with Crippen molar-refractivity contribution in [3.63, 3.8) is 0 Å². The van der Waals surface area contributed by atoms with Crippen LogP contribution >= 0.6 is 0 Å². The monoisotopic (exact) mass is 381 g/mol. The highest BCUT2D eigenvalue weighted by molar-refractivity contribution is 7.91. The van der Waals surface area contributed by atoms with Gasteiger partial charge in [0.1, 0.15) is 5.75 Å². The van der Waals surface area contributed by atoms with Crippen molar-refractivity contribution in [3.05, 3.63) is 24.3 Å². The maximum Gasteiger partial charge on any atom is 0.236 e. The maximum atomic E-state index is 12.6. The van der Waals surface area contributed by atoms with Crippen LogP contribution in [0.15, 0.2) is 24.3 Å². The van der Waals surface area contributed by atoms with Gasteiger partial charge in [-0.1, -0.05) is 0 Å². The number of amides is 1. The molecule has 2 aliphatic heterocycles. The Balaban J connectivity index is 1.48. The van der Waals surface area contributed by atoms with Crippen LogP contribution in [0.1, 0.15) is 6.42 Å². The number of ether oxygens (including phenoxy) is 1. The number of benzene rings is 1. The molecule has 144 valence electrons. The molecular weight excluding hydrogens is 354 g/mol. The van der Waals surface area contributed by atoms with E-state index in [-0.39, 0.29) is 30.0 Å². The fourth-order valence-electron chi connectivity index (χ4n) is 3.57. The van der Waals surface area contributed by atoms with E-state index in [4.69, 9.17) is 4.74 Å². The van der Waals surface area contributed by atoms with Gasteiger partial charge in [0.15, 0.2) is 9.84 Å². The SMILES string of the molecule is COc1ccc(N2CCN(C(=O)CN(C)C3CCS(=O)(=O)C3)CC2)cc1. The van der Waals surface area contributed by atoms with Crippen molar-refractivity contribution in [2.75, 3.05) is 63.3 Å². The zero-order valence-corrected chi connectivity index (χ0v) is 16.2. The van der Waals surface area contributed by atoms with Gasteiger partial charge in [-0.05, 0) is 37.7 Å². The zero-order valence-electron chi connectivity index (χ0n) is 15.4. The third-order valence-electron chi connectivity index (χ3n) is 5.29. The van der Waals surface area contributed by atoms with Crippen molar-refractivity contribution in [1.29, 1.82) is 0 Å². The summed E-state index contributed by atoms with van der Waals surface area (Å²) in [5, 5.41) is 0. The number of anilines is 1. The quantitative estimate of drug-likeness (QED) is 0.738. The van der Waals surface area contributed by atoms with Gasteiger partial charge in [-0.25, -0.2) is 8.42 Å². The van der Waals surface area contributed by atoms with Gasteiger partial charge in [0.05, 0.1) is 25.2 Å². The Morgan fingerprint density at radius 3 is 2.38 bits per heavy atom. The molecule has 1 unspecified atom stereocenters. The Morgan fingerprint density at radius 1 is 1.19 bits per heavy atom. The Hall–Kier alpha value is -1.80. The Morgan fingerprint density at radius 2 is 1.85 bits per heavy atom. The third-order valence-corrected chi connectivity index (χ3v) is 7.04. The predicted octanol–water partition coefficient (Wildman–Crippen LogP) is 0.463. The molecule has 2 aliphatic rings. The molecule has 0 aromatic heterocycles. The maximum absolute atomic E-state index is 12.6. The Kier molecular flexibility index (Phi) is 5.72. The minimum Gasteiger partial charge on any atom is -0.497 e. The van der Waals surface area contributed by atoms with Crippen molar-refractivity contribution in [1.82, 2.24) is 9.80 Å². The summed E-state index contributed by atoms with van der Waals surface area (Å²) in [6.45, 7) is 3.23. The molecule has 0 saturated carbocycles. The van der Waals surface area contributed by atoms with Gasteiger partial charge < -0.3 is 14.5 Å². The fourth-order valence-corrected chi connectivity index (χ4v) is 5.38. The summed E-state index contributed by atoms with van der Waals surface area (Å²) in [7, 11) is 0.568. The molecular formula is C18H27N3O4S. The van der Waals surface area contributed by atoms with Crippen LogP contribution in [0.25, 0.3) is 0 Å². The first kappa shape index (κ1) is 19.0. The highest BCUT2D eigenvalue weighted by Gasteiger charge is 2.32. The summed E-state index contributed by atoms with van der Waals surface area (Å²) < 4.78 is 28.4. The average molecular weight is 381 g/mol. The fraction of sp³-hybridized carbons (Fsp3) is 0.611. The number of likely N-dealkylation sites (N-methyl/N-ethyl adjacent to an activating group) is 1. The zero-order chi connectivity index (χ0) is 18.7. The van der Waals surface area contributed by atoms with E-state index >= 15 is 0 Å². The molecule has 7 nitrogen and oxygen atoms in total. The molecule has 1 aromatic rings. The van der Waals surface area contributed by atoms with E-state index in [0.717, 1.165) is 24.5 Å². The lowest BCUT2D eigenvalue weighted by molar-refractivity contribution is -0.132. The lowest BCUT2D eigenvalue weighted by Gasteiger charge is -2.37. The van der Waals surface area contributed by atoms with Gasteiger partial charge in [0, 0.05) is 37.9 Å². The van der Waals surface area contributed by atoms with Crippen molar-refractivity contribution >= 4 is 21.4 Å². The highest BCUT2D eigenvalue weighted by atomic mass is 32.2. The smallest absolute Gasteiger partial charge is 0.236 e. The van der Waals surface area contributed by atoms with Crippen molar-refractivity contribution in [3.8, 4) is 5.75 Å². The minimum absolute atomic E-state index is 0.0375. The number of rotatable bonds is 5. The van der Waals surface area contributed by atoms with Gasteiger partial charge in [0.25, 0.3) is 0 Å². The molecule has 0 N–H and O–H groups in total. The molecule has 1 aromatic carbocycles. The number of carbonyl (C=O) groups excluding carboxylic acids is 1. The summed E-state index contributed by atoms with van der Waals surface area (Å²) in [5.41, 5.74) is 1.13. The molecule has 0 spiro atoms. The second kappa shape index (κ2) is 7.84. The van der Waals surface area contributed by atoms with Gasteiger partial charge in [-0.2, -0.15) is 0 Å². The molecule has 1 atom stereocenters. The minimum atomic E-state index is -2.93. The number of nitrogens with zero attached hydrogens (tertiary/aromatic N) is 3. The van der Waals surface area contributed by atoms with Crippen LogP contribution in [0, 0.1) is 0 Å². The molecule has 3 rings (SSSR count). The number of hydrogen-bond acceptors (Lipinski definition) is 6. The van der Waals surface area contributed by atoms with Crippen LogP contribution in [0.5, 0.6) is 5.75 Å². The average Bonchev–Trinajstić information content (AvgIpc) is 3.02. The topological polar surface area (TPSA) is 70.2 Å². The Bertz CT molecular complexity index is 727. The number of hydrogen-bond donors (Lipinski definition) is 0. The van der Waals surface area contributed by atoms with Gasteiger partial charge in [-0.3, -0.25) is 9.69 Å². The summed E-state index contributed by atoms with van der Waals surface area (Å²) >= 11 is 0. The van der Waals surface area contributed by atoms with Crippen LogP contribution in [0.2, 0.25) is 0 Å². The second-order valence-electron chi connectivity index (χ2n) is 7.04. The van der Waals surface area contributed by atoms with Gasteiger partial charge in [0.2, 0.25) is 5.91 Å². The molecule has 0 bridgehead atoms. The summed E-state index contributed by atoms with van der Waals surface area (Å²) in [6.07, 6.45) is 0.622. The molecule has 0 aliphatic carbocycles. The summed E-state index contributed by atoms with van der Waals surface area (Å²) in [6, 6.07) is 7.91. The molecule has 2 saturated heterocycles. The number of carbonyl (C=O) groups is 1. The second-order valence-corrected chi connectivity index (χ2v) is 9.27. The Labute approximate surface area is 155 Å². The first-order chi connectivity index (χ1) is 12.4. The first-order valence-electron chi connectivity index (χ1n) is 8.95. The largest absolute Gasteiger partial charge is 0.497 e. The molecule has 2 fully saturated rings. The van der Waals surface area contributed by atoms with Crippen LogP contribution in [0.4, 0.5) is 5.69 Å². The lowest BCUT2D eigenvalue weighted by Crippen LogP contribution is -2.52. The van der Waals surface area contributed by atoms with Crippen LogP contribution < -0.4 is 9.64 Å². The predicted molar refractivity (Wildman–Crippen MR) is 101 cm³/mol. The number of sulfone groups is 1. The molecule has 26 heavy (non-hydrogen) atoms. The van der Waals surface area contributed by atoms with Gasteiger partial charge >= 0.3 is 0 Å².